The van der Waals surface area contributed by atoms with Crippen molar-refractivity contribution < 1.29 is 32.7 Å². The third-order valence-electron chi connectivity index (χ3n) is 9.39. The topological polar surface area (TPSA) is 176 Å². The summed E-state index contributed by atoms with van der Waals surface area (Å²) in [5.41, 5.74) is 4.26. The number of aryl methyl sites for hydroxylation is 1. The molecule has 0 radical (unpaired) electrons. The highest BCUT2D eigenvalue weighted by Gasteiger charge is 2.45. The number of para-hydroxylation sites is 3. The molecule has 2 aromatic carbocycles. The second kappa shape index (κ2) is 15.6. The third kappa shape index (κ3) is 7.37. The third-order valence-corrected chi connectivity index (χ3v) is 9.39. The minimum Gasteiger partial charge on any atom is -0.440 e. The maximum atomic E-state index is 14.3. The van der Waals surface area contributed by atoms with E-state index in [9.17, 15) is 23.6 Å². The molecule has 0 aliphatic carbocycles. The first-order valence-electron chi connectivity index (χ1n) is 16.9. The minimum atomic E-state index is -0.986. The molecule has 2 aliphatic heterocycles. The van der Waals surface area contributed by atoms with Crippen LogP contribution in [0.1, 0.15) is 49.4 Å². The first kappa shape index (κ1) is 34.7. The number of aromatic nitrogens is 4. The van der Waals surface area contributed by atoms with E-state index in [2.05, 4.69) is 31.0 Å². The fourth-order valence-corrected chi connectivity index (χ4v) is 6.73. The molecule has 4 amide bonds. The van der Waals surface area contributed by atoms with Gasteiger partial charge in [0, 0.05) is 13.0 Å². The van der Waals surface area contributed by atoms with E-state index in [4.69, 9.17) is 9.15 Å². The summed E-state index contributed by atoms with van der Waals surface area (Å²) in [6.45, 7) is 3.12. The fraction of sp³-hybridized carbons (Fsp3) is 0.457. The Hall–Kier alpha value is -5.18. The molecule has 0 spiro atoms. The van der Waals surface area contributed by atoms with E-state index in [0.29, 0.717) is 48.2 Å². The van der Waals surface area contributed by atoms with Crippen LogP contribution in [0.25, 0.3) is 11.1 Å². The van der Waals surface area contributed by atoms with Gasteiger partial charge in [-0.3, -0.25) is 29.2 Å². The number of carbonyl (C=O) groups excluding carboxylic acids is 4. The number of fused-ring (bicyclic) bond motifs is 1. The Morgan fingerprint density at radius 1 is 1.16 bits per heavy atom. The first-order valence-corrected chi connectivity index (χ1v) is 16.9. The lowest BCUT2D eigenvalue weighted by Crippen LogP contribution is -2.59. The number of nitrogens with one attached hydrogen (secondary N) is 3. The summed E-state index contributed by atoms with van der Waals surface area (Å²) in [7, 11) is 0. The smallest absolute Gasteiger partial charge is 0.250 e. The van der Waals surface area contributed by atoms with Crippen molar-refractivity contribution in [1.29, 1.82) is 0 Å². The number of rotatable bonds is 15. The molecule has 2 aromatic heterocycles. The number of oxazole rings is 1. The predicted molar refractivity (Wildman–Crippen MR) is 179 cm³/mol. The maximum Gasteiger partial charge on any atom is 0.250 e. The number of anilines is 1. The van der Waals surface area contributed by atoms with Gasteiger partial charge in [-0.05, 0) is 42.0 Å². The van der Waals surface area contributed by atoms with Gasteiger partial charge < -0.3 is 24.7 Å². The van der Waals surface area contributed by atoms with Crippen LogP contribution in [0.4, 0.5) is 10.1 Å². The molecule has 2 unspecified atom stereocenters. The number of hydrogen-bond donors (Lipinski definition) is 3. The van der Waals surface area contributed by atoms with E-state index in [1.54, 1.807) is 18.2 Å². The molecule has 50 heavy (non-hydrogen) atoms. The molecule has 264 valence electrons. The highest BCUT2D eigenvalue weighted by Crippen LogP contribution is 2.39. The second-order valence-electron chi connectivity index (χ2n) is 12.6. The van der Waals surface area contributed by atoms with Crippen LogP contribution < -0.4 is 15.5 Å². The van der Waals surface area contributed by atoms with Crippen LogP contribution in [-0.4, -0.2) is 93.5 Å². The standard InChI is InChI=1S/C35H41FN8O6/c1-3-21(2)31(43(14-16-49-15-13-36)30(45)18-29-39-25-9-4-5-10-28(25)50-29)34(47)40-26-12-11-22-7-6-8-23-17-27(44(32(22)23)35(26)48)33(46)37-19-24-20-38-42-41-24/h4-10,20-21,26-27,31H,3,11-19H2,1-2H3,(H,37,46)(H,40,47)(H,38,41,42)/t21-,26?,27?,31-/m0/s1. The number of benzene rings is 2. The molecule has 6 rings (SSSR count). The van der Waals surface area contributed by atoms with E-state index in [1.165, 1.54) is 16.0 Å². The molecule has 4 aromatic rings. The van der Waals surface area contributed by atoms with Crippen molar-refractivity contribution in [2.75, 3.05) is 31.3 Å². The van der Waals surface area contributed by atoms with Crippen LogP contribution in [0.5, 0.6) is 0 Å². The van der Waals surface area contributed by atoms with Crippen molar-refractivity contribution in [1.82, 2.24) is 35.9 Å². The van der Waals surface area contributed by atoms with Crippen LogP contribution in [-0.2, 0) is 49.7 Å². The van der Waals surface area contributed by atoms with Crippen LogP contribution in [0.2, 0.25) is 0 Å². The van der Waals surface area contributed by atoms with Crippen LogP contribution >= 0.6 is 0 Å². The predicted octanol–water partition coefficient (Wildman–Crippen LogP) is 2.42. The molecule has 3 N–H and O–H groups in total. The summed E-state index contributed by atoms with van der Waals surface area (Å²) in [6.07, 6.45) is 2.97. The largest absolute Gasteiger partial charge is 0.440 e. The van der Waals surface area contributed by atoms with Crippen molar-refractivity contribution in [2.24, 2.45) is 5.92 Å². The second-order valence-corrected chi connectivity index (χ2v) is 12.6. The number of amides is 4. The van der Waals surface area contributed by atoms with Gasteiger partial charge >= 0.3 is 0 Å². The molecule has 4 atom stereocenters. The molecule has 0 fully saturated rings. The number of nitrogens with zero attached hydrogens (tertiary/aromatic N) is 5. The lowest BCUT2D eigenvalue weighted by atomic mass is 9.95. The van der Waals surface area contributed by atoms with Crippen molar-refractivity contribution in [3.05, 3.63) is 71.4 Å². The van der Waals surface area contributed by atoms with Gasteiger partial charge in [0.15, 0.2) is 5.58 Å². The molecule has 2 aliphatic rings. The number of H-pyrrole nitrogens is 1. The normalized spacial score (nSPS) is 18.0. The Morgan fingerprint density at radius 3 is 2.74 bits per heavy atom. The number of aromatic amines is 1. The highest BCUT2D eigenvalue weighted by atomic mass is 19.1. The Morgan fingerprint density at radius 2 is 1.98 bits per heavy atom. The van der Waals surface area contributed by atoms with Gasteiger partial charge in [0.25, 0.3) is 0 Å². The Balaban J connectivity index is 1.23. The quantitative estimate of drug-likeness (QED) is 0.158. The lowest BCUT2D eigenvalue weighted by molar-refractivity contribution is -0.144. The number of ether oxygens (including phenoxy) is 1. The Bertz CT molecular complexity index is 1800. The van der Waals surface area contributed by atoms with E-state index in [0.717, 1.165) is 11.1 Å². The molecular formula is C35H41FN8O6. The molecule has 15 heteroatoms. The van der Waals surface area contributed by atoms with Gasteiger partial charge in [-0.25, -0.2) is 9.37 Å². The van der Waals surface area contributed by atoms with Gasteiger partial charge in [-0.1, -0.05) is 55.8 Å². The molecule has 4 heterocycles. The van der Waals surface area contributed by atoms with E-state index in [1.807, 2.05) is 38.1 Å². The fourth-order valence-electron chi connectivity index (χ4n) is 6.73. The highest BCUT2D eigenvalue weighted by molar-refractivity contribution is 6.08. The van der Waals surface area contributed by atoms with Crippen LogP contribution in [0.3, 0.4) is 0 Å². The maximum absolute atomic E-state index is 14.3. The zero-order valence-corrected chi connectivity index (χ0v) is 28.1. The molecule has 0 saturated heterocycles. The van der Waals surface area contributed by atoms with Gasteiger partial charge in [0.05, 0.1) is 37.3 Å². The van der Waals surface area contributed by atoms with Crippen LogP contribution in [0.15, 0.2) is 53.1 Å². The summed E-state index contributed by atoms with van der Waals surface area (Å²) in [6, 6.07) is 10.2. The average Bonchev–Trinajstić information content (AvgIpc) is 3.86. The van der Waals surface area contributed by atoms with Gasteiger partial charge in [-0.2, -0.15) is 0 Å². The molecule has 14 nitrogen and oxygen atoms in total. The first-order chi connectivity index (χ1) is 24.3. The number of alkyl halides is 1. The lowest BCUT2D eigenvalue weighted by Gasteiger charge is -2.35. The van der Waals surface area contributed by atoms with Crippen molar-refractivity contribution in [3.63, 3.8) is 0 Å². The van der Waals surface area contributed by atoms with E-state index in [-0.39, 0.29) is 50.4 Å². The summed E-state index contributed by atoms with van der Waals surface area (Å²) < 4.78 is 24.0. The Labute approximate surface area is 288 Å². The minimum absolute atomic E-state index is 0.00303. The zero-order chi connectivity index (χ0) is 35.2. The van der Waals surface area contributed by atoms with Gasteiger partial charge in [-0.15, -0.1) is 5.10 Å². The summed E-state index contributed by atoms with van der Waals surface area (Å²) >= 11 is 0. The summed E-state index contributed by atoms with van der Waals surface area (Å²) in [5.74, 6) is -1.80. The average molecular weight is 689 g/mol. The summed E-state index contributed by atoms with van der Waals surface area (Å²) in [4.78, 5) is 63.5. The molecule has 0 bridgehead atoms. The zero-order valence-electron chi connectivity index (χ0n) is 28.1. The van der Waals surface area contributed by atoms with Crippen molar-refractivity contribution >= 4 is 40.4 Å². The number of hydrogen-bond acceptors (Lipinski definition) is 9. The number of halogens is 1. The van der Waals surface area contributed by atoms with E-state index >= 15 is 0 Å². The monoisotopic (exact) mass is 688 g/mol. The molecule has 0 saturated carbocycles. The molecular weight excluding hydrogens is 647 g/mol. The van der Waals surface area contributed by atoms with Crippen molar-refractivity contribution in [3.8, 4) is 0 Å². The van der Waals surface area contributed by atoms with Crippen LogP contribution in [0, 0.1) is 5.92 Å². The number of carbonyl (C=O) groups is 4. The SMILES string of the molecule is CC[C@H](C)[C@@H](C(=O)NC1CCc2cccc3c2N(C1=O)C(C(=O)NCc1cnn[nH]1)C3)N(CCOCCF)C(=O)Cc1nc2ccccc2o1. The Kier molecular flexibility index (Phi) is 10.8. The summed E-state index contributed by atoms with van der Waals surface area (Å²) in [5, 5.41) is 15.9. The van der Waals surface area contributed by atoms with E-state index < -0.39 is 42.5 Å². The van der Waals surface area contributed by atoms with Gasteiger partial charge in [0.2, 0.25) is 29.5 Å². The van der Waals surface area contributed by atoms with Gasteiger partial charge in [0.1, 0.15) is 36.7 Å². The van der Waals surface area contributed by atoms with Crippen molar-refractivity contribution in [2.45, 2.75) is 70.6 Å².